The Morgan fingerprint density at radius 3 is 2.21 bits per heavy atom. The van der Waals surface area contributed by atoms with Crippen molar-refractivity contribution in [2.75, 3.05) is 56.6 Å². The molecule has 1 fully saturated rings. The standard InChI is InChI=1S/C36H38N4O7/c1-5-47-27-12-10-26(11-13-27)37-35(42)23-9-14-30(39-19-22-15-25(21-39)29-7-6-8-33(41)40(29)20-22)28(16-23)38-36(43)24-17-31(44-2)34(46-4)32(18-24)45-3/h6-14,16-18,22,25H,5,15,19-21H2,1-4H3,(H,37,42)(H,38,43)/t22-,25-/m0/s1. The number of piperidine rings is 1. The number of aromatic nitrogens is 1. The molecule has 11 heteroatoms. The Bertz CT molecular complexity index is 1830. The highest BCUT2D eigenvalue weighted by Gasteiger charge is 2.35. The van der Waals surface area contributed by atoms with Crippen LogP contribution >= 0.6 is 0 Å². The molecule has 2 bridgehead atoms. The molecule has 47 heavy (non-hydrogen) atoms. The maximum absolute atomic E-state index is 13.8. The maximum Gasteiger partial charge on any atom is 0.255 e. The van der Waals surface area contributed by atoms with E-state index in [2.05, 4.69) is 15.5 Å². The molecule has 0 aliphatic carbocycles. The van der Waals surface area contributed by atoms with Gasteiger partial charge >= 0.3 is 0 Å². The zero-order valence-electron chi connectivity index (χ0n) is 26.9. The molecule has 2 N–H and O–H groups in total. The van der Waals surface area contributed by atoms with Crippen molar-refractivity contribution in [3.63, 3.8) is 0 Å². The Labute approximate surface area is 273 Å². The first-order valence-corrected chi connectivity index (χ1v) is 15.6. The van der Waals surface area contributed by atoms with Gasteiger partial charge in [0.1, 0.15) is 5.75 Å². The Morgan fingerprint density at radius 1 is 0.809 bits per heavy atom. The van der Waals surface area contributed by atoms with Gasteiger partial charge in [-0.05, 0) is 79.9 Å². The molecule has 3 aromatic carbocycles. The first-order chi connectivity index (χ1) is 22.8. The van der Waals surface area contributed by atoms with E-state index >= 15 is 0 Å². The molecule has 244 valence electrons. The van der Waals surface area contributed by atoms with Crippen molar-refractivity contribution in [1.82, 2.24) is 4.57 Å². The minimum Gasteiger partial charge on any atom is -0.494 e. The van der Waals surface area contributed by atoms with Gasteiger partial charge in [-0.15, -0.1) is 0 Å². The highest BCUT2D eigenvalue weighted by molar-refractivity contribution is 6.09. The van der Waals surface area contributed by atoms with Crippen LogP contribution in [0.25, 0.3) is 0 Å². The quantitative estimate of drug-likeness (QED) is 0.237. The summed E-state index contributed by atoms with van der Waals surface area (Å²) in [4.78, 5) is 42.1. The molecule has 0 spiro atoms. The van der Waals surface area contributed by atoms with Gasteiger partial charge in [0.15, 0.2) is 11.5 Å². The number of hydrogen-bond acceptors (Lipinski definition) is 8. The predicted octanol–water partition coefficient (Wildman–Crippen LogP) is 5.40. The van der Waals surface area contributed by atoms with Gasteiger partial charge in [-0.2, -0.15) is 0 Å². The number of carbonyl (C=O) groups is 2. The second kappa shape index (κ2) is 13.5. The molecular weight excluding hydrogens is 600 g/mol. The zero-order valence-corrected chi connectivity index (χ0v) is 26.9. The number of rotatable bonds is 10. The van der Waals surface area contributed by atoms with E-state index in [4.69, 9.17) is 18.9 Å². The molecular formula is C36H38N4O7. The number of nitrogens with zero attached hydrogens (tertiary/aromatic N) is 2. The number of carbonyl (C=O) groups excluding carboxylic acids is 2. The van der Waals surface area contributed by atoms with Crippen molar-refractivity contribution >= 4 is 28.9 Å². The van der Waals surface area contributed by atoms with Gasteiger partial charge < -0.3 is 39.0 Å². The third-order valence-corrected chi connectivity index (χ3v) is 8.68. The lowest BCUT2D eigenvalue weighted by molar-refractivity contribution is 0.101. The van der Waals surface area contributed by atoms with E-state index in [-0.39, 0.29) is 23.3 Å². The number of pyridine rings is 1. The van der Waals surface area contributed by atoms with Gasteiger partial charge in [0.05, 0.1) is 39.3 Å². The van der Waals surface area contributed by atoms with Crippen molar-refractivity contribution in [2.24, 2.45) is 5.92 Å². The van der Waals surface area contributed by atoms with Crippen LogP contribution in [0.1, 0.15) is 45.7 Å². The fourth-order valence-corrected chi connectivity index (χ4v) is 6.56. The second-order valence-corrected chi connectivity index (χ2v) is 11.6. The van der Waals surface area contributed by atoms with Crippen molar-refractivity contribution in [2.45, 2.75) is 25.8 Å². The number of nitrogens with one attached hydrogen (secondary N) is 2. The summed E-state index contributed by atoms with van der Waals surface area (Å²) in [5.74, 6) is 1.44. The van der Waals surface area contributed by atoms with Crippen molar-refractivity contribution in [1.29, 1.82) is 0 Å². The molecule has 2 aliphatic heterocycles. The summed E-state index contributed by atoms with van der Waals surface area (Å²) in [7, 11) is 4.48. The SMILES string of the molecule is CCOc1ccc(NC(=O)c2ccc(N3C[C@@H]4C[C@@H](C3)c3cccc(=O)n3C4)c(NC(=O)c3cc(OC)c(OC)c(OC)c3)c2)cc1. The van der Waals surface area contributed by atoms with Crippen LogP contribution in [-0.4, -0.2) is 57.4 Å². The third kappa shape index (κ3) is 6.46. The number of methoxy groups -OCH3 is 3. The maximum atomic E-state index is 13.8. The fourth-order valence-electron chi connectivity index (χ4n) is 6.56. The molecule has 0 unspecified atom stereocenters. The van der Waals surface area contributed by atoms with Gasteiger partial charge in [-0.25, -0.2) is 0 Å². The Hall–Kier alpha value is -5.45. The highest BCUT2D eigenvalue weighted by Crippen LogP contribution is 2.41. The smallest absolute Gasteiger partial charge is 0.255 e. The largest absolute Gasteiger partial charge is 0.494 e. The summed E-state index contributed by atoms with van der Waals surface area (Å²) >= 11 is 0. The second-order valence-electron chi connectivity index (χ2n) is 11.6. The molecule has 1 saturated heterocycles. The molecule has 3 heterocycles. The summed E-state index contributed by atoms with van der Waals surface area (Å²) in [6.07, 6.45) is 0.982. The average molecular weight is 639 g/mol. The normalized spacial score (nSPS) is 16.5. The van der Waals surface area contributed by atoms with Crippen LogP contribution < -0.4 is 40.0 Å². The Morgan fingerprint density at radius 2 is 1.53 bits per heavy atom. The minimum absolute atomic E-state index is 0.0202. The summed E-state index contributed by atoms with van der Waals surface area (Å²) in [6, 6.07) is 21.1. The molecule has 11 nitrogen and oxygen atoms in total. The molecule has 2 aliphatic rings. The number of ether oxygens (including phenoxy) is 4. The summed E-state index contributed by atoms with van der Waals surface area (Å²) < 4.78 is 23.8. The van der Waals surface area contributed by atoms with Gasteiger partial charge in [-0.1, -0.05) is 6.07 Å². The van der Waals surface area contributed by atoms with Crippen molar-refractivity contribution in [3.05, 3.63) is 100.0 Å². The number of fused-ring (bicyclic) bond motifs is 4. The topological polar surface area (TPSA) is 120 Å². The predicted molar refractivity (Wildman–Crippen MR) is 180 cm³/mol. The molecule has 2 atom stereocenters. The van der Waals surface area contributed by atoms with Gasteiger partial charge in [0.2, 0.25) is 5.75 Å². The molecule has 1 aromatic heterocycles. The average Bonchev–Trinajstić information content (AvgIpc) is 3.08. The first kappa shape index (κ1) is 31.5. The number of benzene rings is 3. The van der Waals surface area contributed by atoms with Crippen molar-refractivity contribution in [3.8, 4) is 23.0 Å². The van der Waals surface area contributed by atoms with E-state index in [1.54, 1.807) is 54.6 Å². The summed E-state index contributed by atoms with van der Waals surface area (Å²) in [5.41, 5.74) is 3.58. The Balaban J connectivity index is 1.33. The summed E-state index contributed by atoms with van der Waals surface area (Å²) in [5, 5.41) is 5.98. The van der Waals surface area contributed by atoms with Crippen LogP contribution in [0, 0.1) is 5.92 Å². The molecule has 4 aromatic rings. The van der Waals surface area contributed by atoms with Crippen LogP contribution in [0.3, 0.4) is 0 Å². The third-order valence-electron chi connectivity index (χ3n) is 8.68. The van der Waals surface area contributed by atoms with Gasteiger partial charge in [-0.3, -0.25) is 14.4 Å². The van der Waals surface area contributed by atoms with Crippen LogP contribution in [0.4, 0.5) is 17.1 Å². The molecule has 6 rings (SSSR count). The number of hydrogen-bond donors (Lipinski definition) is 2. The van der Waals surface area contributed by atoms with Crippen LogP contribution in [0.2, 0.25) is 0 Å². The molecule has 0 radical (unpaired) electrons. The van der Waals surface area contributed by atoms with Crippen LogP contribution in [0.5, 0.6) is 23.0 Å². The number of amides is 2. The van der Waals surface area contributed by atoms with Gasteiger partial charge in [0.25, 0.3) is 17.4 Å². The van der Waals surface area contributed by atoms with Gasteiger partial charge in [0, 0.05) is 54.1 Å². The lowest BCUT2D eigenvalue weighted by Gasteiger charge is -2.44. The van der Waals surface area contributed by atoms with Crippen LogP contribution in [-0.2, 0) is 6.54 Å². The van der Waals surface area contributed by atoms with E-state index in [0.29, 0.717) is 71.7 Å². The van der Waals surface area contributed by atoms with E-state index < -0.39 is 5.91 Å². The van der Waals surface area contributed by atoms with Crippen molar-refractivity contribution < 1.29 is 28.5 Å². The van der Waals surface area contributed by atoms with Crippen LogP contribution in [0.15, 0.2) is 77.6 Å². The fraction of sp³-hybridized carbons (Fsp3) is 0.306. The van der Waals surface area contributed by atoms with E-state index in [9.17, 15) is 14.4 Å². The first-order valence-electron chi connectivity index (χ1n) is 15.6. The lowest BCUT2D eigenvalue weighted by Crippen LogP contribution is -2.47. The van der Waals surface area contributed by atoms with E-state index in [1.165, 1.54) is 21.3 Å². The Kier molecular flexibility index (Phi) is 9.05. The lowest BCUT2D eigenvalue weighted by atomic mass is 9.83. The van der Waals surface area contributed by atoms with E-state index in [1.807, 2.05) is 29.7 Å². The monoisotopic (exact) mass is 638 g/mol. The summed E-state index contributed by atoms with van der Waals surface area (Å²) in [6.45, 7) is 4.45. The molecule has 0 saturated carbocycles. The minimum atomic E-state index is -0.413. The molecule has 2 amide bonds. The highest BCUT2D eigenvalue weighted by atomic mass is 16.5. The number of anilines is 3. The zero-order chi connectivity index (χ0) is 33.1. The van der Waals surface area contributed by atoms with E-state index in [0.717, 1.165) is 17.8 Å².